The maximum Gasteiger partial charge on any atom is 0.167 e. The molecular formula is C18H16O2. The van der Waals surface area contributed by atoms with Crippen LogP contribution in [0.5, 0.6) is 0 Å². The van der Waals surface area contributed by atoms with Crippen LogP contribution in [0, 0.1) is 0 Å². The molecule has 0 heterocycles. The van der Waals surface area contributed by atoms with Crippen molar-refractivity contribution < 1.29 is 9.59 Å². The summed E-state index contributed by atoms with van der Waals surface area (Å²) in [5.74, 6) is 0.0727. The molecule has 0 bridgehead atoms. The number of hydrogen-bond acceptors (Lipinski definition) is 2. The smallest absolute Gasteiger partial charge is 0.167 e. The molecular weight excluding hydrogens is 248 g/mol. The molecule has 0 aliphatic heterocycles. The second-order valence-electron chi connectivity index (χ2n) is 4.61. The minimum Gasteiger partial charge on any atom is -0.295 e. The standard InChI is InChI=1S/C18H16O2/c1-14(19)11-12-15-7-5-6-10-17(15)13-18(20)16-8-3-2-4-9-16/h2-12H,13H2,1H3/b12-11+. The third-order valence-corrected chi connectivity index (χ3v) is 3.00. The van der Waals surface area contributed by atoms with Crippen LogP contribution >= 0.6 is 0 Å². The molecule has 0 atom stereocenters. The Hall–Kier alpha value is -2.48. The average molecular weight is 264 g/mol. The molecule has 0 aliphatic rings. The van der Waals surface area contributed by atoms with E-state index < -0.39 is 0 Å². The highest BCUT2D eigenvalue weighted by molar-refractivity contribution is 5.98. The zero-order valence-corrected chi connectivity index (χ0v) is 11.4. The fourth-order valence-electron chi connectivity index (χ4n) is 1.96. The molecule has 2 nitrogen and oxygen atoms in total. The number of allylic oxidation sites excluding steroid dienone is 1. The zero-order valence-electron chi connectivity index (χ0n) is 11.4. The van der Waals surface area contributed by atoms with Gasteiger partial charge in [-0.1, -0.05) is 60.7 Å². The van der Waals surface area contributed by atoms with Crippen molar-refractivity contribution in [3.05, 3.63) is 77.4 Å². The Labute approximate surface area is 118 Å². The Morgan fingerprint density at radius 2 is 1.60 bits per heavy atom. The Kier molecular flexibility index (Phi) is 4.61. The number of hydrogen-bond donors (Lipinski definition) is 0. The van der Waals surface area contributed by atoms with Gasteiger partial charge in [0, 0.05) is 12.0 Å². The minimum atomic E-state index is -0.00538. The van der Waals surface area contributed by atoms with Crippen molar-refractivity contribution in [2.24, 2.45) is 0 Å². The summed E-state index contributed by atoms with van der Waals surface area (Å²) in [5.41, 5.74) is 2.55. The third kappa shape index (κ3) is 3.75. The first-order valence-corrected chi connectivity index (χ1v) is 6.51. The summed E-state index contributed by atoms with van der Waals surface area (Å²) in [4.78, 5) is 23.2. The van der Waals surface area contributed by atoms with Gasteiger partial charge in [0.15, 0.2) is 11.6 Å². The summed E-state index contributed by atoms with van der Waals surface area (Å²) in [6.07, 6.45) is 3.62. The molecule has 0 spiro atoms. The van der Waals surface area contributed by atoms with Gasteiger partial charge < -0.3 is 0 Å². The van der Waals surface area contributed by atoms with E-state index in [9.17, 15) is 9.59 Å². The number of carbonyl (C=O) groups is 2. The van der Waals surface area contributed by atoms with Gasteiger partial charge in [0.25, 0.3) is 0 Å². The molecule has 20 heavy (non-hydrogen) atoms. The molecule has 2 rings (SSSR count). The van der Waals surface area contributed by atoms with Gasteiger partial charge in [0.05, 0.1) is 0 Å². The van der Waals surface area contributed by atoms with E-state index in [1.807, 2.05) is 54.6 Å². The fraction of sp³-hybridized carbons (Fsp3) is 0.111. The lowest BCUT2D eigenvalue weighted by Gasteiger charge is -2.05. The van der Waals surface area contributed by atoms with Crippen LogP contribution in [0.2, 0.25) is 0 Å². The highest BCUT2D eigenvalue weighted by atomic mass is 16.1. The largest absolute Gasteiger partial charge is 0.295 e. The van der Waals surface area contributed by atoms with E-state index in [0.29, 0.717) is 12.0 Å². The first-order chi connectivity index (χ1) is 9.66. The SMILES string of the molecule is CC(=O)/C=C/c1ccccc1CC(=O)c1ccccc1. The number of benzene rings is 2. The predicted molar refractivity (Wildman–Crippen MR) is 80.6 cm³/mol. The van der Waals surface area contributed by atoms with Gasteiger partial charge in [0.2, 0.25) is 0 Å². The Morgan fingerprint density at radius 1 is 0.950 bits per heavy atom. The normalized spacial score (nSPS) is 10.7. The van der Waals surface area contributed by atoms with Crippen LogP contribution in [-0.4, -0.2) is 11.6 Å². The molecule has 2 heteroatoms. The van der Waals surface area contributed by atoms with E-state index in [1.165, 1.54) is 13.0 Å². The third-order valence-electron chi connectivity index (χ3n) is 3.00. The molecule has 0 fully saturated rings. The molecule has 0 saturated heterocycles. The molecule has 0 aliphatic carbocycles. The summed E-state index contributed by atoms with van der Waals surface area (Å²) >= 11 is 0. The van der Waals surface area contributed by atoms with Gasteiger partial charge in [-0.05, 0) is 24.1 Å². The van der Waals surface area contributed by atoms with Gasteiger partial charge >= 0.3 is 0 Å². The van der Waals surface area contributed by atoms with Crippen molar-refractivity contribution in [2.75, 3.05) is 0 Å². The van der Waals surface area contributed by atoms with Crippen molar-refractivity contribution in [2.45, 2.75) is 13.3 Å². The lowest BCUT2D eigenvalue weighted by atomic mass is 9.98. The van der Waals surface area contributed by atoms with Crippen molar-refractivity contribution >= 4 is 17.6 Å². The number of Topliss-reactive ketones (excluding diaryl/α,β-unsaturated/α-hetero) is 1. The van der Waals surface area contributed by atoms with Crippen LogP contribution in [0.3, 0.4) is 0 Å². The monoisotopic (exact) mass is 264 g/mol. The van der Waals surface area contributed by atoms with Gasteiger partial charge in [-0.2, -0.15) is 0 Å². The van der Waals surface area contributed by atoms with Crippen LogP contribution < -0.4 is 0 Å². The zero-order chi connectivity index (χ0) is 14.4. The van der Waals surface area contributed by atoms with Gasteiger partial charge in [-0.3, -0.25) is 9.59 Å². The first-order valence-electron chi connectivity index (χ1n) is 6.51. The van der Waals surface area contributed by atoms with Crippen LogP contribution in [0.4, 0.5) is 0 Å². The van der Waals surface area contributed by atoms with Gasteiger partial charge in [-0.25, -0.2) is 0 Å². The van der Waals surface area contributed by atoms with Crippen molar-refractivity contribution in [3.63, 3.8) is 0 Å². The summed E-state index contributed by atoms with van der Waals surface area (Å²) in [6, 6.07) is 16.9. The van der Waals surface area contributed by atoms with Gasteiger partial charge in [-0.15, -0.1) is 0 Å². The lowest BCUT2D eigenvalue weighted by Crippen LogP contribution is -2.04. The fourth-order valence-corrected chi connectivity index (χ4v) is 1.96. The predicted octanol–water partition coefficient (Wildman–Crippen LogP) is 3.71. The molecule has 0 aromatic heterocycles. The number of carbonyl (C=O) groups excluding carboxylic acids is 2. The molecule has 100 valence electrons. The van der Waals surface area contributed by atoms with E-state index in [0.717, 1.165) is 11.1 Å². The lowest BCUT2D eigenvalue weighted by molar-refractivity contribution is -0.112. The molecule has 0 radical (unpaired) electrons. The van der Waals surface area contributed by atoms with E-state index in [1.54, 1.807) is 6.08 Å². The number of rotatable bonds is 5. The quantitative estimate of drug-likeness (QED) is 0.609. The van der Waals surface area contributed by atoms with Crippen molar-refractivity contribution in [1.82, 2.24) is 0 Å². The maximum absolute atomic E-state index is 12.2. The van der Waals surface area contributed by atoms with E-state index >= 15 is 0 Å². The highest BCUT2D eigenvalue weighted by Gasteiger charge is 2.08. The second kappa shape index (κ2) is 6.62. The summed E-state index contributed by atoms with van der Waals surface area (Å²) < 4.78 is 0. The highest BCUT2D eigenvalue weighted by Crippen LogP contribution is 2.14. The van der Waals surface area contributed by atoms with E-state index in [2.05, 4.69) is 0 Å². The van der Waals surface area contributed by atoms with E-state index in [4.69, 9.17) is 0 Å². The topological polar surface area (TPSA) is 34.1 Å². The molecule has 0 saturated carbocycles. The first kappa shape index (κ1) is 13.9. The molecule has 0 N–H and O–H groups in total. The molecule has 2 aromatic carbocycles. The average Bonchev–Trinajstić information content (AvgIpc) is 2.47. The van der Waals surface area contributed by atoms with Crippen LogP contribution in [0.15, 0.2) is 60.7 Å². The number of ketones is 2. The summed E-state index contributed by atoms with van der Waals surface area (Å²) in [7, 11) is 0. The second-order valence-corrected chi connectivity index (χ2v) is 4.61. The van der Waals surface area contributed by atoms with Crippen LogP contribution in [0.25, 0.3) is 6.08 Å². The molecule has 2 aromatic rings. The molecule has 0 amide bonds. The van der Waals surface area contributed by atoms with Crippen molar-refractivity contribution in [3.8, 4) is 0 Å². The Morgan fingerprint density at radius 3 is 2.30 bits per heavy atom. The van der Waals surface area contributed by atoms with Crippen LogP contribution in [-0.2, 0) is 11.2 Å². The molecule has 0 unspecified atom stereocenters. The Balaban J connectivity index is 2.21. The Bertz CT molecular complexity index is 639. The maximum atomic E-state index is 12.2. The minimum absolute atomic E-state index is 0.00538. The van der Waals surface area contributed by atoms with E-state index in [-0.39, 0.29) is 11.6 Å². The van der Waals surface area contributed by atoms with Crippen molar-refractivity contribution in [1.29, 1.82) is 0 Å². The summed E-state index contributed by atoms with van der Waals surface area (Å²) in [5, 5.41) is 0. The van der Waals surface area contributed by atoms with Gasteiger partial charge in [0.1, 0.15) is 0 Å². The van der Waals surface area contributed by atoms with Crippen LogP contribution in [0.1, 0.15) is 28.4 Å². The summed E-state index contributed by atoms with van der Waals surface area (Å²) in [6.45, 7) is 1.51.